The minimum absolute atomic E-state index is 0.0353. The van der Waals surface area contributed by atoms with E-state index >= 15 is 0 Å². The van der Waals surface area contributed by atoms with Crippen LogP contribution in [0, 0.1) is 6.92 Å². The van der Waals surface area contributed by atoms with Gasteiger partial charge in [-0.05, 0) is 30.5 Å². The molecule has 0 radical (unpaired) electrons. The van der Waals surface area contributed by atoms with E-state index in [1.165, 1.54) is 11.1 Å². The standard InChI is InChI=1S/C17H16N4O/c1-11-2-3-13-9-15(10-22)19-17(16(13)8-11)12-4-6-14(7-5-12)20-21-18/h2-8,15,22H,9-10H2,1H3/t15-/m0/s1. The summed E-state index contributed by atoms with van der Waals surface area (Å²) in [5.74, 6) is 0. The quantitative estimate of drug-likeness (QED) is 0.522. The lowest BCUT2D eigenvalue weighted by molar-refractivity contribution is 0.265. The Bertz CT molecular complexity index is 774. The van der Waals surface area contributed by atoms with Gasteiger partial charge in [0.05, 0.1) is 18.4 Å². The lowest BCUT2D eigenvalue weighted by Crippen LogP contribution is -2.24. The lowest BCUT2D eigenvalue weighted by Gasteiger charge is -2.23. The summed E-state index contributed by atoms with van der Waals surface area (Å²) in [5, 5.41) is 13.1. The largest absolute Gasteiger partial charge is 0.394 e. The van der Waals surface area contributed by atoms with Gasteiger partial charge in [0.15, 0.2) is 0 Å². The Morgan fingerprint density at radius 3 is 2.73 bits per heavy atom. The monoisotopic (exact) mass is 292 g/mol. The number of fused-ring (bicyclic) bond motifs is 1. The van der Waals surface area contributed by atoms with E-state index in [2.05, 4.69) is 35.1 Å². The number of aliphatic hydroxyl groups is 1. The van der Waals surface area contributed by atoms with Crippen LogP contribution in [0.2, 0.25) is 0 Å². The Hall–Kier alpha value is -2.62. The average molecular weight is 292 g/mol. The van der Waals surface area contributed by atoms with Gasteiger partial charge in [0.1, 0.15) is 0 Å². The van der Waals surface area contributed by atoms with Crippen molar-refractivity contribution in [3.63, 3.8) is 0 Å². The molecule has 1 heterocycles. The Morgan fingerprint density at radius 2 is 2.05 bits per heavy atom. The van der Waals surface area contributed by atoms with Gasteiger partial charge in [-0.3, -0.25) is 4.99 Å². The molecule has 0 saturated carbocycles. The topological polar surface area (TPSA) is 81.4 Å². The van der Waals surface area contributed by atoms with Crippen LogP contribution in [0.4, 0.5) is 5.69 Å². The fourth-order valence-electron chi connectivity index (χ4n) is 2.71. The van der Waals surface area contributed by atoms with E-state index < -0.39 is 0 Å². The number of nitrogens with zero attached hydrogens (tertiary/aromatic N) is 4. The van der Waals surface area contributed by atoms with E-state index in [9.17, 15) is 5.11 Å². The van der Waals surface area contributed by atoms with E-state index in [-0.39, 0.29) is 12.6 Å². The highest BCUT2D eigenvalue weighted by Gasteiger charge is 2.21. The van der Waals surface area contributed by atoms with Gasteiger partial charge in [-0.25, -0.2) is 0 Å². The molecule has 2 aromatic rings. The van der Waals surface area contributed by atoms with Crippen molar-refractivity contribution >= 4 is 11.4 Å². The van der Waals surface area contributed by atoms with E-state index in [0.29, 0.717) is 5.69 Å². The predicted octanol–water partition coefficient (Wildman–Crippen LogP) is 3.69. The molecule has 1 aliphatic heterocycles. The van der Waals surface area contributed by atoms with E-state index in [1.807, 2.05) is 12.1 Å². The first-order valence-corrected chi connectivity index (χ1v) is 7.15. The van der Waals surface area contributed by atoms with Gasteiger partial charge in [-0.15, -0.1) is 0 Å². The molecule has 1 atom stereocenters. The third-order valence-corrected chi connectivity index (χ3v) is 3.80. The highest BCUT2D eigenvalue weighted by Crippen LogP contribution is 2.25. The molecule has 5 nitrogen and oxygen atoms in total. The van der Waals surface area contributed by atoms with Crippen LogP contribution in [0.1, 0.15) is 22.3 Å². The van der Waals surface area contributed by atoms with Gasteiger partial charge in [0.2, 0.25) is 0 Å². The predicted molar refractivity (Wildman–Crippen MR) is 86.6 cm³/mol. The van der Waals surface area contributed by atoms with E-state index in [4.69, 9.17) is 10.5 Å². The summed E-state index contributed by atoms with van der Waals surface area (Å²) in [6.07, 6.45) is 0.756. The Labute approximate surface area is 128 Å². The summed E-state index contributed by atoms with van der Waals surface area (Å²) in [6.45, 7) is 2.09. The second kappa shape index (κ2) is 6.02. The first-order valence-electron chi connectivity index (χ1n) is 7.15. The molecular formula is C17H16N4O. The fraction of sp³-hybridized carbons (Fsp3) is 0.235. The van der Waals surface area contributed by atoms with Crippen LogP contribution >= 0.6 is 0 Å². The number of aliphatic hydroxyl groups excluding tert-OH is 1. The van der Waals surface area contributed by atoms with Gasteiger partial charge in [0.25, 0.3) is 0 Å². The summed E-state index contributed by atoms with van der Waals surface area (Å²) in [4.78, 5) is 7.47. The molecule has 110 valence electrons. The maximum absolute atomic E-state index is 9.49. The maximum Gasteiger partial charge on any atom is 0.0778 e. The van der Waals surface area contributed by atoms with Gasteiger partial charge >= 0.3 is 0 Å². The van der Waals surface area contributed by atoms with Crippen LogP contribution in [0.15, 0.2) is 52.6 Å². The normalized spacial score (nSPS) is 16.5. The molecule has 1 aliphatic rings. The maximum atomic E-state index is 9.49. The molecule has 0 spiro atoms. The number of hydrogen-bond acceptors (Lipinski definition) is 3. The molecule has 0 amide bonds. The zero-order valence-corrected chi connectivity index (χ0v) is 12.3. The fourth-order valence-corrected chi connectivity index (χ4v) is 2.71. The van der Waals surface area contributed by atoms with Crippen LogP contribution in [0.3, 0.4) is 0 Å². The molecule has 0 bridgehead atoms. The molecule has 0 fully saturated rings. The molecule has 1 N–H and O–H groups in total. The summed E-state index contributed by atoms with van der Waals surface area (Å²) in [5.41, 5.74) is 14.4. The van der Waals surface area contributed by atoms with Crippen molar-refractivity contribution in [3.05, 3.63) is 75.2 Å². The molecule has 5 heteroatoms. The number of rotatable bonds is 3. The summed E-state index contributed by atoms with van der Waals surface area (Å²) >= 11 is 0. The molecular weight excluding hydrogens is 276 g/mol. The van der Waals surface area contributed by atoms with E-state index in [0.717, 1.165) is 23.3 Å². The van der Waals surface area contributed by atoms with Crippen LogP contribution in [-0.4, -0.2) is 23.5 Å². The molecule has 22 heavy (non-hydrogen) atoms. The van der Waals surface area contributed by atoms with Crippen molar-refractivity contribution in [2.75, 3.05) is 6.61 Å². The zero-order chi connectivity index (χ0) is 15.5. The van der Waals surface area contributed by atoms with Crippen LogP contribution in [0.5, 0.6) is 0 Å². The number of aryl methyl sites for hydroxylation is 1. The van der Waals surface area contributed by atoms with Crippen LogP contribution in [-0.2, 0) is 6.42 Å². The highest BCUT2D eigenvalue weighted by molar-refractivity contribution is 6.14. The van der Waals surface area contributed by atoms with Crippen molar-refractivity contribution in [2.45, 2.75) is 19.4 Å². The molecule has 0 aromatic heterocycles. The Balaban J connectivity index is 2.08. The second-order valence-electron chi connectivity index (χ2n) is 5.42. The average Bonchev–Trinajstić information content (AvgIpc) is 2.55. The highest BCUT2D eigenvalue weighted by atomic mass is 16.3. The van der Waals surface area contributed by atoms with Crippen molar-refractivity contribution < 1.29 is 5.11 Å². The van der Waals surface area contributed by atoms with Crippen molar-refractivity contribution in [3.8, 4) is 0 Å². The first kappa shape index (κ1) is 14.3. The summed E-state index contributed by atoms with van der Waals surface area (Å²) in [6, 6.07) is 13.6. The minimum Gasteiger partial charge on any atom is -0.394 e. The smallest absolute Gasteiger partial charge is 0.0778 e. The molecule has 0 aliphatic carbocycles. The number of azide groups is 1. The zero-order valence-electron chi connectivity index (χ0n) is 12.3. The lowest BCUT2D eigenvalue weighted by atomic mass is 9.89. The van der Waals surface area contributed by atoms with Crippen molar-refractivity contribution in [2.24, 2.45) is 10.1 Å². The third-order valence-electron chi connectivity index (χ3n) is 3.80. The van der Waals surface area contributed by atoms with Crippen LogP contribution in [0.25, 0.3) is 10.4 Å². The van der Waals surface area contributed by atoms with Gasteiger partial charge in [-0.2, -0.15) is 0 Å². The van der Waals surface area contributed by atoms with E-state index in [1.54, 1.807) is 12.1 Å². The van der Waals surface area contributed by atoms with Crippen molar-refractivity contribution in [1.82, 2.24) is 0 Å². The number of hydrogen-bond donors (Lipinski definition) is 1. The SMILES string of the molecule is Cc1ccc2c(c1)C(c1ccc(N=[N+]=[N-])cc1)=N[C@H](CO)C2. The van der Waals surface area contributed by atoms with Gasteiger partial charge < -0.3 is 5.11 Å². The van der Waals surface area contributed by atoms with Gasteiger partial charge in [0, 0.05) is 21.7 Å². The number of aliphatic imine (C=N–C) groups is 1. The first-order chi connectivity index (χ1) is 10.7. The molecule has 0 unspecified atom stereocenters. The number of benzene rings is 2. The molecule has 2 aromatic carbocycles. The van der Waals surface area contributed by atoms with Crippen LogP contribution < -0.4 is 0 Å². The Kier molecular flexibility index (Phi) is 3.92. The minimum atomic E-state index is -0.109. The summed E-state index contributed by atoms with van der Waals surface area (Å²) < 4.78 is 0. The second-order valence-corrected chi connectivity index (χ2v) is 5.42. The molecule has 0 saturated heterocycles. The third kappa shape index (κ3) is 2.72. The van der Waals surface area contributed by atoms with Crippen molar-refractivity contribution in [1.29, 1.82) is 0 Å². The Morgan fingerprint density at radius 1 is 1.27 bits per heavy atom. The molecule has 3 rings (SSSR count). The summed E-state index contributed by atoms with van der Waals surface area (Å²) in [7, 11) is 0. The van der Waals surface area contributed by atoms with Gasteiger partial charge in [-0.1, -0.05) is 47.1 Å².